The molecule has 26 heavy (non-hydrogen) atoms. The van der Waals surface area contributed by atoms with Gasteiger partial charge >= 0.3 is 0 Å². The molecule has 0 aliphatic heterocycles. The number of benzene rings is 2. The summed E-state index contributed by atoms with van der Waals surface area (Å²) in [6.07, 6.45) is 1.46. The highest BCUT2D eigenvalue weighted by molar-refractivity contribution is 7.19. The molecule has 6 heteroatoms. The van der Waals surface area contributed by atoms with Gasteiger partial charge in [0.1, 0.15) is 0 Å². The fraction of sp³-hybridized carbons (Fsp3) is 0. The van der Waals surface area contributed by atoms with Crippen molar-refractivity contribution < 1.29 is 9.21 Å². The van der Waals surface area contributed by atoms with E-state index in [2.05, 4.69) is 10.3 Å². The van der Waals surface area contributed by atoms with Crippen LogP contribution in [0.1, 0.15) is 10.6 Å². The Morgan fingerprint density at radius 3 is 2.42 bits per heavy atom. The minimum absolute atomic E-state index is 0.245. The normalized spacial score (nSPS) is 10.7. The molecule has 2 aromatic heterocycles. The molecule has 0 saturated carbocycles. The molecule has 4 nitrogen and oxygen atoms in total. The standard InChI is InChI=1S/C20H13ClN2O2S/c21-15-10-8-13(9-11-15)17-18(14-5-2-1-3-6-14)26-20(22-17)23-19(24)16-7-4-12-25-16/h1-12H,(H,22,23,24). The molecule has 4 rings (SSSR count). The zero-order chi connectivity index (χ0) is 17.9. The molecule has 0 aliphatic carbocycles. The second-order valence-electron chi connectivity index (χ2n) is 5.50. The van der Waals surface area contributed by atoms with E-state index in [9.17, 15) is 4.79 Å². The number of halogens is 1. The van der Waals surface area contributed by atoms with Crippen molar-refractivity contribution in [3.05, 3.63) is 83.8 Å². The first-order chi connectivity index (χ1) is 12.7. The van der Waals surface area contributed by atoms with E-state index in [0.29, 0.717) is 10.2 Å². The summed E-state index contributed by atoms with van der Waals surface area (Å²) >= 11 is 7.42. The average molecular weight is 381 g/mol. The number of nitrogens with zero attached hydrogens (tertiary/aromatic N) is 1. The molecule has 1 amide bonds. The van der Waals surface area contributed by atoms with Crippen molar-refractivity contribution in [2.45, 2.75) is 0 Å². The molecule has 128 valence electrons. The van der Waals surface area contributed by atoms with Crippen LogP contribution in [0.25, 0.3) is 21.7 Å². The lowest BCUT2D eigenvalue weighted by Crippen LogP contribution is -2.10. The Balaban J connectivity index is 1.75. The maximum absolute atomic E-state index is 12.3. The summed E-state index contributed by atoms with van der Waals surface area (Å²) in [4.78, 5) is 17.9. The van der Waals surface area contributed by atoms with E-state index < -0.39 is 0 Å². The first kappa shape index (κ1) is 16.6. The largest absolute Gasteiger partial charge is 0.459 e. The van der Waals surface area contributed by atoms with Crippen LogP contribution in [0.15, 0.2) is 77.4 Å². The minimum Gasteiger partial charge on any atom is -0.459 e. The molecule has 0 fully saturated rings. The van der Waals surface area contributed by atoms with Crippen molar-refractivity contribution in [3.63, 3.8) is 0 Å². The van der Waals surface area contributed by atoms with E-state index in [1.165, 1.54) is 17.6 Å². The summed E-state index contributed by atoms with van der Waals surface area (Å²) in [6, 6.07) is 20.7. The molecule has 2 heterocycles. The van der Waals surface area contributed by atoms with Gasteiger partial charge in [-0.2, -0.15) is 0 Å². The molecule has 0 radical (unpaired) electrons. The number of thiazole rings is 1. The average Bonchev–Trinajstić information content (AvgIpc) is 3.33. The number of amides is 1. The van der Waals surface area contributed by atoms with Gasteiger partial charge in [-0.05, 0) is 29.8 Å². The minimum atomic E-state index is -0.328. The van der Waals surface area contributed by atoms with E-state index >= 15 is 0 Å². The molecule has 0 bridgehead atoms. The van der Waals surface area contributed by atoms with Crippen LogP contribution in [0, 0.1) is 0 Å². The van der Waals surface area contributed by atoms with Gasteiger partial charge < -0.3 is 4.42 Å². The van der Waals surface area contributed by atoms with Crippen LogP contribution in [0.3, 0.4) is 0 Å². The summed E-state index contributed by atoms with van der Waals surface area (Å²) in [5.74, 6) is -0.0829. The quantitative estimate of drug-likeness (QED) is 0.474. The smallest absolute Gasteiger partial charge is 0.293 e. The van der Waals surface area contributed by atoms with Crippen LogP contribution < -0.4 is 5.32 Å². The lowest BCUT2D eigenvalue weighted by atomic mass is 10.1. The highest BCUT2D eigenvalue weighted by atomic mass is 35.5. The van der Waals surface area contributed by atoms with Crippen LogP contribution in [0.2, 0.25) is 5.02 Å². The molecule has 0 saturated heterocycles. The molecular formula is C20H13ClN2O2S. The van der Waals surface area contributed by atoms with Crippen LogP contribution >= 0.6 is 22.9 Å². The van der Waals surface area contributed by atoms with Crippen LogP contribution in [-0.2, 0) is 0 Å². The predicted molar refractivity (Wildman–Crippen MR) is 105 cm³/mol. The zero-order valence-electron chi connectivity index (χ0n) is 13.5. The Kier molecular flexibility index (Phi) is 4.56. The van der Waals surface area contributed by atoms with Crippen LogP contribution in [0.5, 0.6) is 0 Å². The second-order valence-corrected chi connectivity index (χ2v) is 6.94. The maximum atomic E-state index is 12.3. The lowest BCUT2D eigenvalue weighted by Gasteiger charge is -2.02. The number of carbonyl (C=O) groups excluding carboxylic acids is 1. The highest BCUT2D eigenvalue weighted by Gasteiger charge is 2.17. The number of carbonyl (C=O) groups is 1. The number of hydrogen-bond acceptors (Lipinski definition) is 4. The molecule has 2 aromatic carbocycles. The van der Waals surface area contributed by atoms with Crippen LogP contribution in [0.4, 0.5) is 5.13 Å². The third-order valence-corrected chi connectivity index (χ3v) is 5.02. The molecule has 0 aliphatic rings. The summed E-state index contributed by atoms with van der Waals surface area (Å²) in [5, 5.41) is 3.98. The van der Waals surface area contributed by atoms with Crippen molar-refractivity contribution in [2.75, 3.05) is 5.32 Å². The molecule has 0 atom stereocenters. The molecule has 0 unspecified atom stereocenters. The second kappa shape index (κ2) is 7.15. The summed E-state index contributed by atoms with van der Waals surface area (Å²) < 4.78 is 5.14. The third-order valence-electron chi connectivity index (χ3n) is 3.75. The summed E-state index contributed by atoms with van der Waals surface area (Å²) in [5.41, 5.74) is 2.77. The number of furan rings is 1. The number of hydrogen-bond donors (Lipinski definition) is 1. The van der Waals surface area contributed by atoms with Gasteiger partial charge in [0, 0.05) is 10.6 Å². The Bertz CT molecular complexity index is 1030. The topological polar surface area (TPSA) is 55.1 Å². The third kappa shape index (κ3) is 3.40. The number of aromatic nitrogens is 1. The van der Waals surface area contributed by atoms with Crippen LogP contribution in [-0.4, -0.2) is 10.9 Å². The Morgan fingerprint density at radius 2 is 1.73 bits per heavy atom. The fourth-order valence-corrected chi connectivity index (χ4v) is 3.64. The molecule has 1 N–H and O–H groups in total. The Labute approximate surface area is 159 Å². The fourth-order valence-electron chi connectivity index (χ4n) is 2.53. The maximum Gasteiger partial charge on any atom is 0.293 e. The zero-order valence-corrected chi connectivity index (χ0v) is 15.1. The highest BCUT2D eigenvalue weighted by Crippen LogP contribution is 2.39. The van der Waals surface area contributed by atoms with Gasteiger partial charge in [0.25, 0.3) is 5.91 Å². The summed E-state index contributed by atoms with van der Waals surface area (Å²) in [7, 11) is 0. The van der Waals surface area contributed by atoms with Gasteiger partial charge in [-0.3, -0.25) is 10.1 Å². The molecular weight excluding hydrogens is 368 g/mol. The van der Waals surface area contributed by atoms with E-state index in [4.69, 9.17) is 16.0 Å². The monoisotopic (exact) mass is 380 g/mol. The van der Waals surface area contributed by atoms with Crippen molar-refractivity contribution in [2.24, 2.45) is 0 Å². The SMILES string of the molecule is O=C(Nc1nc(-c2ccc(Cl)cc2)c(-c2ccccc2)s1)c1ccco1. The van der Waals surface area contributed by atoms with Crippen molar-refractivity contribution in [1.82, 2.24) is 4.98 Å². The van der Waals surface area contributed by atoms with Crippen molar-refractivity contribution >= 4 is 34.0 Å². The van der Waals surface area contributed by atoms with E-state index in [-0.39, 0.29) is 11.7 Å². The lowest BCUT2D eigenvalue weighted by molar-refractivity contribution is 0.0996. The first-order valence-electron chi connectivity index (χ1n) is 7.88. The van der Waals surface area contributed by atoms with Gasteiger partial charge in [-0.15, -0.1) is 0 Å². The first-order valence-corrected chi connectivity index (χ1v) is 9.07. The van der Waals surface area contributed by atoms with Gasteiger partial charge in [0.2, 0.25) is 0 Å². The predicted octanol–water partition coefficient (Wildman–Crippen LogP) is 5.98. The van der Waals surface area contributed by atoms with Gasteiger partial charge in [-0.25, -0.2) is 4.98 Å². The van der Waals surface area contributed by atoms with E-state index in [1.54, 1.807) is 12.1 Å². The van der Waals surface area contributed by atoms with Gasteiger partial charge in [0.15, 0.2) is 10.9 Å². The summed E-state index contributed by atoms with van der Waals surface area (Å²) in [6.45, 7) is 0. The van der Waals surface area contributed by atoms with Gasteiger partial charge in [0.05, 0.1) is 16.8 Å². The number of nitrogens with one attached hydrogen (secondary N) is 1. The Hall–Kier alpha value is -2.89. The molecule has 4 aromatic rings. The number of anilines is 1. The number of rotatable bonds is 4. The van der Waals surface area contributed by atoms with Gasteiger partial charge in [-0.1, -0.05) is 65.4 Å². The van der Waals surface area contributed by atoms with Crippen molar-refractivity contribution in [1.29, 1.82) is 0 Å². The molecule has 0 spiro atoms. The van der Waals surface area contributed by atoms with E-state index in [0.717, 1.165) is 21.7 Å². The van der Waals surface area contributed by atoms with E-state index in [1.807, 2.05) is 54.6 Å². The van der Waals surface area contributed by atoms with Crippen molar-refractivity contribution in [3.8, 4) is 21.7 Å². The Morgan fingerprint density at radius 1 is 0.962 bits per heavy atom.